The van der Waals surface area contributed by atoms with Gasteiger partial charge in [-0.25, -0.2) is 8.77 Å². The van der Waals surface area contributed by atoms with Gasteiger partial charge in [-0.05, 0) is 37.1 Å². The van der Waals surface area contributed by atoms with Crippen molar-refractivity contribution in [3.8, 4) is 5.75 Å². The molecule has 0 aliphatic heterocycles. The number of benzene rings is 1. The topological polar surface area (TPSA) is 84.9 Å². The summed E-state index contributed by atoms with van der Waals surface area (Å²) in [5.41, 5.74) is -0.485. The molecule has 1 rings (SSSR count). The summed E-state index contributed by atoms with van der Waals surface area (Å²) in [6.07, 6.45) is 0.965. The van der Waals surface area contributed by atoms with Crippen molar-refractivity contribution >= 4 is 30.6 Å². The first-order valence-corrected chi connectivity index (χ1v) is 8.91. The summed E-state index contributed by atoms with van der Waals surface area (Å²) in [6.45, 7) is 3.59. The summed E-state index contributed by atoms with van der Waals surface area (Å²) in [7, 11) is -3.78. The van der Waals surface area contributed by atoms with Gasteiger partial charge < -0.3 is 9.08 Å². The van der Waals surface area contributed by atoms with E-state index in [1.807, 2.05) is 0 Å². The third-order valence-electron chi connectivity index (χ3n) is 2.63. The van der Waals surface area contributed by atoms with E-state index in [1.165, 1.54) is 12.1 Å². The molecule has 0 amide bonds. The maximum absolute atomic E-state index is 12.7. The molecule has 0 bridgehead atoms. The molecule has 20 heavy (non-hydrogen) atoms. The van der Waals surface area contributed by atoms with Crippen LogP contribution in [0.3, 0.4) is 0 Å². The van der Waals surface area contributed by atoms with Gasteiger partial charge in [0, 0.05) is 5.02 Å². The van der Waals surface area contributed by atoms with Gasteiger partial charge in [0.1, 0.15) is 17.1 Å². The summed E-state index contributed by atoms with van der Waals surface area (Å²) in [4.78, 5) is 0. The minimum Gasteiger partial charge on any atom is -0.748 e. The molecule has 2 unspecified atom stereocenters. The van der Waals surface area contributed by atoms with Crippen LogP contribution in [-0.4, -0.2) is 14.4 Å². The first-order chi connectivity index (χ1) is 9.41. The molecule has 0 aliphatic rings. The Hall–Kier alpha value is -0.430. The van der Waals surface area contributed by atoms with Gasteiger partial charge in [-0.1, -0.05) is 25.4 Å². The van der Waals surface area contributed by atoms with E-state index in [4.69, 9.17) is 16.1 Å². The summed E-state index contributed by atoms with van der Waals surface area (Å²) in [6, 6.07) is 6.13. The van der Waals surface area contributed by atoms with Gasteiger partial charge in [0.25, 0.3) is 0 Å². The smallest absolute Gasteiger partial charge is 0.410 e. The van der Waals surface area contributed by atoms with E-state index in [2.05, 4.69) is 9.01 Å². The Labute approximate surface area is 125 Å². The molecule has 1 aromatic carbocycles. The van der Waals surface area contributed by atoms with Crippen LogP contribution < -0.4 is 4.52 Å². The second kappa shape index (κ2) is 8.12. The molecular weight excluding hydrogens is 327 g/mol. The van der Waals surface area contributed by atoms with Crippen LogP contribution in [0, 0.1) is 0 Å². The molecule has 0 aliphatic carbocycles. The lowest BCUT2D eigenvalue weighted by Gasteiger charge is -2.24. The van der Waals surface area contributed by atoms with Crippen molar-refractivity contribution in [2.45, 2.75) is 32.3 Å². The quantitative estimate of drug-likeness (QED) is 0.309. The fraction of sp³-hybridized carbons (Fsp3) is 0.455. The summed E-state index contributed by atoms with van der Waals surface area (Å²) in [5.74, 6) is 0.255. The molecule has 6 nitrogen and oxygen atoms in total. The van der Waals surface area contributed by atoms with Crippen LogP contribution in [0.2, 0.25) is 5.02 Å². The normalized spacial score (nSPS) is 15.8. The molecule has 0 spiro atoms. The molecule has 0 N–H and O–H groups in total. The Morgan fingerprint density at radius 3 is 2.30 bits per heavy atom. The zero-order chi connectivity index (χ0) is 15.2. The molecule has 0 fully saturated rings. The van der Waals surface area contributed by atoms with Crippen LogP contribution in [0.5, 0.6) is 5.75 Å². The minimum atomic E-state index is -3.78. The van der Waals surface area contributed by atoms with Gasteiger partial charge >= 0.3 is 7.60 Å². The van der Waals surface area contributed by atoms with Gasteiger partial charge in [-0.15, -0.1) is 9.01 Å². The van der Waals surface area contributed by atoms with Crippen molar-refractivity contribution in [2.24, 2.45) is 0 Å². The fourth-order valence-corrected chi connectivity index (χ4v) is 3.87. The lowest BCUT2D eigenvalue weighted by atomic mass is 10.3. The molecule has 2 atom stereocenters. The molecule has 0 aromatic heterocycles. The molecule has 1 aromatic rings. The highest BCUT2D eigenvalue weighted by molar-refractivity contribution is 7.74. The van der Waals surface area contributed by atoms with Crippen LogP contribution in [0.1, 0.15) is 26.7 Å². The average Bonchev–Trinajstić information content (AvgIpc) is 2.41. The highest BCUT2D eigenvalue weighted by Crippen LogP contribution is 2.55. The van der Waals surface area contributed by atoms with E-state index in [9.17, 15) is 13.3 Å². The largest absolute Gasteiger partial charge is 0.748 e. The van der Waals surface area contributed by atoms with Gasteiger partial charge in [-0.2, -0.15) is 0 Å². The molecule has 0 saturated heterocycles. The van der Waals surface area contributed by atoms with E-state index in [1.54, 1.807) is 26.0 Å². The highest BCUT2D eigenvalue weighted by Gasteiger charge is 2.37. The third kappa shape index (κ3) is 5.16. The summed E-state index contributed by atoms with van der Waals surface area (Å²) < 4.78 is 47.3. The fourth-order valence-electron chi connectivity index (χ4n) is 1.60. The SMILES string of the molecule is CCC(CC)P(=O)(OOS(=O)[O-])Oc1ccc(Cl)cc1. The van der Waals surface area contributed by atoms with Crippen LogP contribution in [-0.2, 0) is 24.9 Å². The number of hydrogen-bond donors (Lipinski definition) is 0. The first kappa shape index (κ1) is 17.6. The number of rotatable bonds is 8. The van der Waals surface area contributed by atoms with Crippen molar-refractivity contribution in [1.82, 2.24) is 0 Å². The van der Waals surface area contributed by atoms with Crippen LogP contribution in [0.15, 0.2) is 24.3 Å². The van der Waals surface area contributed by atoms with E-state index >= 15 is 0 Å². The maximum Gasteiger partial charge on any atom is 0.410 e. The van der Waals surface area contributed by atoms with E-state index < -0.39 is 24.6 Å². The van der Waals surface area contributed by atoms with Crippen molar-refractivity contribution in [2.75, 3.05) is 0 Å². The number of halogens is 1. The lowest BCUT2D eigenvalue weighted by Crippen LogP contribution is -2.14. The second-order valence-corrected chi connectivity index (χ2v) is 7.02. The Morgan fingerprint density at radius 2 is 1.85 bits per heavy atom. The van der Waals surface area contributed by atoms with E-state index in [-0.39, 0.29) is 5.75 Å². The average molecular weight is 342 g/mol. The summed E-state index contributed by atoms with van der Waals surface area (Å²) in [5, 5.41) is 0.493. The lowest BCUT2D eigenvalue weighted by molar-refractivity contribution is -0.104. The van der Waals surface area contributed by atoms with Gasteiger partial charge in [0.2, 0.25) is 0 Å². The molecule has 0 radical (unpaired) electrons. The first-order valence-electron chi connectivity index (χ1n) is 5.92. The Balaban J connectivity index is 2.94. The Bertz CT molecular complexity index is 490. The van der Waals surface area contributed by atoms with Crippen LogP contribution >= 0.6 is 19.2 Å². The standard InChI is InChI=1S/C11H16ClO6PS/c1-3-11(4-2)19(13,17-18-20(14)15)16-10-7-5-9(12)6-8-10/h5-8,11H,3-4H2,1-2H3,(H,14,15)/p-1. The maximum atomic E-state index is 12.7. The van der Waals surface area contributed by atoms with Crippen molar-refractivity contribution < 1.29 is 26.9 Å². The van der Waals surface area contributed by atoms with Crippen molar-refractivity contribution in [3.05, 3.63) is 29.3 Å². The van der Waals surface area contributed by atoms with Crippen molar-refractivity contribution in [3.63, 3.8) is 0 Å². The summed E-state index contributed by atoms with van der Waals surface area (Å²) >= 11 is 2.80. The Morgan fingerprint density at radius 1 is 1.30 bits per heavy atom. The Kier molecular flexibility index (Phi) is 7.15. The van der Waals surface area contributed by atoms with Gasteiger partial charge in [0.05, 0.1) is 5.66 Å². The molecule has 114 valence electrons. The monoisotopic (exact) mass is 341 g/mol. The van der Waals surface area contributed by atoms with Crippen LogP contribution in [0.4, 0.5) is 0 Å². The van der Waals surface area contributed by atoms with Crippen LogP contribution in [0.25, 0.3) is 0 Å². The zero-order valence-electron chi connectivity index (χ0n) is 11.0. The zero-order valence-corrected chi connectivity index (χ0v) is 13.5. The number of hydrogen-bond acceptors (Lipinski definition) is 6. The third-order valence-corrected chi connectivity index (χ3v) is 5.53. The predicted molar refractivity (Wildman–Crippen MR) is 75.1 cm³/mol. The van der Waals surface area contributed by atoms with E-state index in [0.717, 1.165) is 0 Å². The van der Waals surface area contributed by atoms with Gasteiger partial charge in [0.15, 0.2) is 0 Å². The van der Waals surface area contributed by atoms with E-state index in [0.29, 0.717) is 17.9 Å². The molecular formula is C11H15ClO6PS-. The minimum absolute atomic E-state index is 0.255. The van der Waals surface area contributed by atoms with Gasteiger partial charge in [-0.3, -0.25) is 0 Å². The predicted octanol–water partition coefficient (Wildman–Crippen LogP) is 3.84. The second-order valence-electron chi connectivity index (χ2n) is 3.90. The highest BCUT2D eigenvalue weighted by atomic mass is 35.5. The molecule has 0 saturated carbocycles. The van der Waals surface area contributed by atoms with Crippen molar-refractivity contribution in [1.29, 1.82) is 0 Å². The molecule has 9 heteroatoms. The molecule has 0 heterocycles.